The van der Waals surface area contributed by atoms with Crippen LogP contribution < -0.4 is 0 Å². The molecule has 0 fully saturated rings. The molecule has 0 atom stereocenters. The fraction of sp³-hybridized carbons (Fsp3) is 0.692. The molecule has 0 aromatic heterocycles. The molecule has 0 saturated heterocycles. The molecule has 15 heavy (non-hydrogen) atoms. The van der Waals surface area contributed by atoms with E-state index in [-0.39, 0.29) is 26.6 Å². The van der Waals surface area contributed by atoms with Gasteiger partial charge in [0.05, 0.1) is 21.1 Å². The normalized spacial score (nSPS) is 20.8. The maximum Gasteiger partial charge on any atom is 0.139 e. The van der Waals surface area contributed by atoms with Crippen LogP contribution in [0.3, 0.4) is 0 Å². The Kier molecular flexibility index (Phi) is 4.22. The smallest absolute Gasteiger partial charge is 0.139 e. The first-order chi connectivity index (χ1) is 6.14. The third-order valence-electron chi connectivity index (χ3n) is 4.49. The first-order valence-electron chi connectivity index (χ1n) is 5.32. The van der Waals surface area contributed by atoms with Crippen molar-refractivity contribution in [1.82, 2.24) is 0 Å². The van der Waals surface area contributed by atoms with Gasteiger partial charge < -0.3 is 4.48 Å². The van der Waals surface area contributed by atoms with Gasteiger partial charge in [0.15, 0.2) is 0 Å². The summed E-state index contributed by atoms with van der Waals surface area (Å²) in [5, 5.41) is 0. The standard InChI is InChI=1S/C13H24N.Pt/c1-9-10(2)12(4)13(5,11(9)3)14(6,7)8;/h1-8H3;/q+1;. The summed E-state index contributed by atoms with van der Waals surface area (Å²) in [6.45, 7) is 11.4. The van der Waals surface area contributed by atoms with Gasteiger partial charge in [-0.25, -0.2) is 0 Å². The van der Waals surface area contributed by atoms with E-state index in [2.05, 4.69) is 55.8 Å². The van der Waals surface area contributed by atoms with Crippen LogP contribution in [0.4, 0.5) is 0 Å². The molecule has 1 rings (SSSR count). The van der Waals surface area contributed by atoms with E-state index < -0.39 is 0 Å². The first-order valence-corrected chi connectivity index (χ1v) is 5.32. The number of nitrogens with zero attached hydrogens (tertiary/aromatic N) is 1. The molecule has 0 aromatic carbocycles. The van der Waals surface area contributed by atoms with Crippen LogP contribution in [0.5, 0.6) is 0 Å². The summed E-state index contributed by atoms with van der Waals surface area (Å²) in [6, 6.07) is 0. The summed E-state index contributed by atoms with van der Waals surface area (Å²) < 4.78 is 0.972. The van der Waals surface area contributed by atoms with Gasteiger partial charge in [0.2, 0.25) is 0 Å². The van der Waals surface area contributed by atoms with E-state index in [1.165, 1.54) is 22.3 Å². The Hall–Kier alpha value is 0.128. The van der Waals surface area contributed by atoms with Gasteiger partial charge in [-0.15, -0.1) is 0 Å². The van der Waals surface area contributed by atoms with E-state index >= 15 is 0 Å². The van der Waals surface area contributed by atoms with E-state index in [9.17, 15) is 0 Å². The molecule has 0 saturated carbocycles. The van der Waals surface area contributed by atoms with Crippen molar-refractivity contribution < 1.29 is 25.5 Å². The van der Waals surface area contributed by atoms with Crippen LogP contribution in [0.25, 0.3) is 0 Å². The molecular formula is C13H24NPt+. The van der Waals surface area contributed by atoms with Crippen molar-refractivity contribution in [3.63, 3.8) is 0 Å². The maximum atomic E-state index is 2.36. The SMILES string of the molecule is CC1=C(C)C(C)([N+](C)(C)C)C(C)=C1C.[Pt]. The zero-order chi connectivity index (χ0) is 11.3. The second kappa shape index (κ2) is 4.18. The fourth-order valence-corrected chi connectivity index (χ4v) is 2.58. The van der Waals surface area contributed by atoms with Gasteiger partial charge >= 0.3 is 0 Å². The minimum Gasteiger partial charge on any atom is -0.319 e. The molecule has 0 aromatic rings. The molecule has 0 spiro atoms. The monoisotopic (exact) mass is 389 g/mol. The Morgan fingerprint density at radius 2 is 1.07 bits per heavy atom. The summed E-state index contributed by atoms with van der Waals surface area (Å²) in [5.74, 6) is 0. The van der Waals surface area contributed by atoms with Crippen LogP contribution in [-0.2, 0) is 21.1 Å². The van der Waals surface area contributed by atoms with Crippen molar-refractivity contribution in [1.29, 1.82) is 0 Å². The van der Waals surface area contributed by atoms with Crippen molar-refractivity contribution in [2.24, 2.45) is 0 Å². The van der Waals surface area contributed by atoms with Gasteiger partial charge in [-0.3, -0.25) is 0 Å². The summed E-state index contributed by atoms with van der Waals surface area (Å²) >= 11 is 0. The van der Waals surface area contributed by atoms with Gasteiger partial charge in [0.1, 0.15) is 5.54 Å². The largest absolute Gasteiger partial charge is 0.319 e. The molecule has 0 aliphatic heterocycles. The number of hydrogen-bond donors (Lipinski definition) is 0. The topological polar surface area (TPSA) is 0 Å². The Balaban J connectivity index is 0.00000196. The van der Waals surface area contributed by atoms with Gasteiger partial charge in [0, 0.05) is 21.1 Å². The van der Waals surface area contributed by atoms with Gasteiger partial charge in [0.25, 0.3) is 0 Å². The van der Waals surface area contributed by atoms with Crippen molar-refractivity contribution >= 4 is 0 Å². The van der Waals surface area contributed by atoms with Gasteiger partial charge in [-0.05, 0) is 56.9 Å². The van der Waals surface area contributed by atoms with Crippen LogP contribution in [0.1, 0.15) is 34.6 Å². The summed E-state index contributed by atoms with van der Waals surface area (Å²) in [7, 11) is 6.83. The molecule has 0 heterocycles. The Labute approximate surface area is 109 Å². The molecule has 1 aliphatic rings. The van der Waals surface area contributed by atoms with Crippen molar-refractivity contribution in [3.05, 3.63) is 22.3 Å². The number of rotatable bonds is 1. The molecule has 2 heteroatoms. The fourth-order valence-electron chi connectivity index (χ4n) is 2.58. The molecule has 1 aliphatic carbocycles. The quantitative estimate of drug-likeness (QED) is 0.605. The molecule has 0 bridgehead atoms. The van der Waals surface area contributed by atoms with Crippen LogP contribution in [-0.4, -0.2) is 31.2 Å². The van der Waals surface area contributed by atoms with E-state index in [4.69, 9.17) is 0 Å². The minimum absolute atomic E-state index is 0. The van der Waals surface area contributed by atoms with Crippen molar-refractivity contribution in [2.75, 3.05) is 21.1 Å². The van der Waals surface area contributed by atoms with E-state index in [1.54, 1.807) is 0 Å². The zero-order valence-electron chi connectivity index (χ0n) is 11.3. The van der Waals surface area contributed by atoms with Crippen molar-refractivity contribution in [2.45, 2.75) is 40.2 Å². The number of hydrogen-bond acceptors (Lipinski definition) is 0. The molecule has 1 nitrogen and oxygen atoms in total. The Bertz CT molecular complexity index is 305. The van der Waals surface area contributed by atoms with Crippen LogP contribution in [0.2, 0.25) is 0 Å². The summed E-state index contributed by atoms with van der Waals surface area (Å²) in [4.78, 5) is 0. The van der Waals surface area contributed by atoms with E-state index in [0.29, 0.717) is 0 Å². The zero-order valence-corrected chi connectivity index (χ0v) is 13.5. The molecule has 0 N–H and O–H groups in total. The van der Waals surface area contributed by atoms with Crippen LogP contribution >= 0.6 is 0 Å². The van der Waals surface area contributed by atoms with E-state index in [1.807, 2.05) is 0 Å². The predicted octanol–water partition coefficient (Wildman–Crippen LogP) is 3.14. The predicted molar refractivity (Wildman–Crippen MR) is 63.2 cm³/mol. The van der Waals surface area contributed by atoms with E-state index in [0.717, 1.165) is 4.48 Å². The van der Waals surface area contributed by atoms with Crippen LogP contribution in [0, 0.1) is 0 Å². The average molecular weight is 389 g/mol. The minimum atomic E-state index is 0. The summed E-state index contributed by atoms with van der Waals surface area (Å²) in [6.07, 6.45) is 0. The third-order valence-corrected chi connectivity index (χ3v) is 4.49. The van der Waals surface area contributed by atoms with Crippen LogP contribution in [0.15, 0.2) is 22.3 Å². The third kappa shape index (κ3) is 1.89. The molecule has 0 amide bonds. The number of likely N-dealkylation sites (N-methyl/N-ethyl adjacent to an activating group) is 1. The second-order valence-electron chi connectivity index (χ2n) is 5.58. The van der Waals surface area contributed by atoms with Gasteiger partial charge in [-0.1, -0.05) is 0 Å². The number of allylic oxidation sites excluding steroid dienone is 2. The summed E-state index contributed by atoms with van der Waals surface area (Å²) in [5.41, 5.74) is 6.21. The second-order valence-corrected chi connectivity index (χ2v) is 5.58. The maximum absolute atomic E-state index is 2.36. The first kappa shape index (κ1) is 15.1. The average Bonchev–Trinajstić information content (AvgIpc) is 2.21. The Morgan fingerprint density at radius 1 is 0.800 bits per heavy atom. The molecule has 0 unspecified atom stereocenters. The number of quaternary nitrogens is 1. The van der Waals surface area contributed by atoms with Gasteiger partial charge in [-0.2, -0.15) is 0 Å². The van der Waals surface area contributed by atoms with Crippen molar-refractivity contribution in [3.8, 4) is 0 Å². The molecule has 0 radical (unpaired) electrons. The Morgan fingerprint density at radius 3 is 1.20 bits per heavy atom. The molecular weight excluding hydrogens is 365 g/mol. The molecule has 90 valence electrons.